The van der Waals surface area contributed by atoms with E-state index in [1.807, 2.05) is 18.2 Å². The maximum Gasteiger partial charge on any atom is 0.169 e. The Balaban J connectivity index is 1.50. The molecule has 1 fully saturated rings. The van der Waals surface area contributed by atoms with E-state index in [0.717, 1.165) is 42.2 Å². The number of piperidine rings is 1. The molecule has 0 saturated carbocycles. The fraction of sp³-hybridized carbons (Fsp3) is 0.407. The van der Waals surface area contributed by atoms with Crippen LogP contribution in [0.25, 0.3) is 0 Å². The molecule has 4 rings (SSSR count). The zero-order valence-electron chi connectivity index (χ0n) is 19.2. The van der Waals surface area contributed by atoms with E-state index in [9.17, 15) is 0 Å². The minimum atomic E-state index is 0.192. The van der Waals surface area contributed by atoms with Gasteiger partial charge in [0.2, 0.25) is 0 Å². The van der Waals surface area contributed by atoms with Crippen LogP contribution < -0.4 is 9.47 Å². The monoisotopic (exact) mass is 419 g/mol. The van der Waals surface area contributed by atoms with Crippen LogP contribution in [-0.2, 0) is 11.2 Å². The van der Waals surface area contributed by atoms with E-state index in [2.05, 4.69) is 62.2 Å². The smallest absolute Gasteiger partial charge is 0.169 e. The van der Waals surface area contributed by atoms with Gasteiger partial charge in [-0.05, 0) is 73.4 Å². The fourth-order valence-electron chi connectivity index (χ4n) is 4.63. The first-order valence-corrected chi connectivity index (χ1v) is 11.1. The highest BCUT2D eigenvalue weighted by Gasteiger charge is 2.32. The molecule has 1 saturated heterocycles. The van der Waals surface area contributed by atoms with Gasteiger partial charge in [0.25, 0.3) is 0 Å². The number of fused-ring (bicyclic) bond motifs is 1. The molecule has 3 unspecified atom stereocenters. The lowest BCUT2D eigenvalue weighted by Gasteiger charge is -2.40. The van der Waals surface area contributed by atoms with Gasteiger partial charge in [0.15, 0.2) is 11.5 Å². The molecule has 0 radical (unpaired) electrons. The molecule has 1 heterocycles. The van der Waals surface area contributed by atoms with Crippen LogP contribution in [0.1, 0.15) is 24.5 Å². The highest BCUT2D eigenvalue weighted by Crippen LogP contribution is 2.36. The summed E-state index contributed by atoms with van der Waals surface area (Å²) >= 11 is 0. The summed E-state index contributed by atoms with van der Waals surface area (Å²) in [5.41, 5.74) is 5.38. The number of benzene rings is 2. The number of likely N-dealkylation sites (tertiary alicyclic amines) is 1. The van der Waals surface area contributed by atoms with E-state index in [0.29, 0.717) is 12.0 Å². The van der Waals surface area contributed by atoms with Crippen molar-refractivity contribution in [2.75, 3.05) is 27.8 Å². The number of likely N-dealkylation sites (N-methyl/N-ethyl adjacent to an activating group) is 1. The van der Waals surface area contributed by atoms with Crippen molar-refractivity contribution in [1.82, 2.24) is 4.90 Å². The summed E-state index contributed by atoms with van der Waals surface area (Å²) in [6, 6.07) is 14.8. The molecule has 3 atom stereocenters. The SMILES string of the molecule is COc1ccc(C)cc1Oc1ccc(CC2C3=CC(C)C(OC)C=C3CCN2C)cc1. The molecule has 4 heteroatoms. The fourth-order valence-corrected chi connectivity index (χ4v) is 4.63. The lowest BCUT2D eigenvalue weighted by molar-refractivity contribution is 0.108. The lowest BCUT2D eigenvalue weighted by atomic mass is 9.80. The maximum absolute atomic E-state index is 6.10. The molecule has 1 aliphatic carbocycles. The molecule has 0 N–H and O–H groups in total. The second-order valence-electron chi connectivity index (χ2n) is 8.72. The first kappa shape index (κ1) is 21.7. The number of hydrogen-bond donors (Lipinski definition) is 0. The van der Waals surface area contributed by atoms with Gasteiger partial charge in [0, 0.05) is 25.6 Å². The standard InChI is InChI=1S/C27H33NO3/c1-18-6-11-25(29-4)27(14-18)31-22-9-7-20(8-10-22)16-24-23-15-19(2)26(30-5)17-21(23)12-13-28(24)3/h6-11,14-15,17,19,24,26H,12-13,16H2,1-5H3. The third-order valence-electron chi connectivity index (χ3n) is 6.49. The Bertz CT molecular complexity index is 976. The Morgan fingerprint density at radius 3 is 2.48 bits per heavy atom. The van der Waals surface area contributed by atoms with E-state index in [1.165, 1.54) is 16.7 Å². The van der Waals surface area contributed by atoms with Crippen molar-refractivity contribution in [3.63, 3.8) is 0 Å². The predicted octanol–water partition coefficient (Wildman–Crippen LogP) is 5.56. The largest absolute Gasteiger partial charge is 0.493 e. The third kappa shape index (κ3) is 4.70. The zero-order valence-corrected chi connectivity index (χ0v) is 19.2. The minimum Gasteiger partial charge on any atom is -0.493 e. The van der Waals surface area contributed by atoms with Crippen LogP contribution in [-0.4, -0.2) is 44.9 Å². The van der Waals surface area contributed by atoms with E-state index >= 15 is 0 Å². The van der Waals surface area contributed by atoms with Gasteiger partial charge in [-0.2, -0.15) is 0 Å². The first-order chi connectivity index (χ1) is 15.0. The molecule has 0 bridgehead atoms. The van der Waals surface area contributed by atoms with E-state index < -0.39 is 0 Å². The number of aryl methyl sites for hydroxylation is 1. The van der Waals surface area contributed by atoms with E-state index in [4.69, 9.17) is 14.2 Å². The molecule has 1 aliphatic heterocycles. The van der Waals surface area contributed by atoms with Gasteiger partial charge < -0.3 is 14.2 Å². The summed E-state index contributed by atoms with van der Waals surface area (Å²) in [7, 11) is 5.70. The van der Waals surface area contributed by atoms with Crippen LogP contribution in [0.3, 0.4) is 0 Å². The van der Waals surface area contributed by atoms with Crippen molar-refractivity contribution in [2.45, 2.75) is 38.8 Å². The molecule has 2 aliphatic rings. The van der Waals surface area contributed by atoms with Crippen LogP contribution in [0.2, 0.25) is 0 Å². The van der Waals surface area contributed by atoms with Crippen molar-refractivity contribution in [1.29, 1.82) is 0 Å². The zero-order chi connectivity index (χ0) is 22.0. The Labute approximate surface area is 186 Å². The van der Waals surface area contributed by atoms with Gasteiger partial charge >= 0.3 is 0 Å². The molecule has 164 valence electrons. The average molecular weight is 420 g/mol. The molecular formula is C27H33NO3. The molecule has 2 aromatic carbocycles. The summed E-state index contributed by atoms with van der Waals surface area (Å²) in [5.74, 6) is 2.70. The number of hydrogen-bond acceptors (Lipinski definition) is 4. The Morgan fingerprint density at radius 1 is 1.00 bits per heavy atom. The average Bonchev–Trinajstić information content (AvgIpc) is 2.77. The molecule has 0 amide bonds. The normalized spacial score (nSPS) is 23.6. The highest BCUT2D eigenvalue weighted by molar-refractivity contribution is 5.46. The number of methoxy groups -OCH3 is 2. The molecule has 31 heavy (non-hydrogen) atoms. The van der Waals surface area contributed by atoms with Crippen molar-refractivity contribution >= 4 is 0 Å². The van der Waals surface area contributed by atoms with Gasteiger partial charge in [-0.3, -0.25) is 4.90 Å². The van der Waals surface area contributed by atoms with Crippen LogP contribution in [0.15, 0.2) is 65.8 Å². The molecule has 2 aromatic rings. The quantitative estimate of drug-likeness (QED) is 0.613. The van der Waals surface area contributed by atoms with Gasteiger partial charge in [0.05, 0.1) is 13.2 Å². The van der Waals surface area contributed by atoms with Gasteiger partial charge in [-0.1, -0.05) is 37.3 Å². The van der Waals surface area contributed by atoms with Crippen molar-refractivity contribution in [2.24, 2.45) is 5.92 Å². The summed E-state index contributed by atoms with van der Waals surface area (Å²) in [6.45, 7) is 5.37. The topological polar surface area (TPSA) is 30.9 Å². The van der Waals surface area contributed by atoms with Crippen LogP contribution >= 0.6 is 0 Å². The molecule has 0 aromatic heterocycles. The van der Waals surface area contributed by atoms with Crippen molar-refractivity contribution in [3.05, 3.63) is 76.9 Å². The molecule has 0 spiro atoms. The lowest BCUT2D eigenvalue weighted by Crippen LogP contribution is -2.42. The second-order valence-corrected chi connectivity index (χ2v) is 8.72. The summed E-state index contributed by atoms with van der Waals surface area (Å²) in [4.78, 5) is 2.48. The Hall–Kier alpha value is -2.56. The van der Waals surface area contributed by atoms with Crippen LogP contribution in [0, 0.1) is 12.8 Å². The minimum absolute atomic E-state index is 0.192. The maximum atomic E-state index is 6.10. The predicted molar refractivity (Wildman–Crippen MR) is 125 cm³/mol. The van der Waals surface area contributed by atoms with Gasteiger partial charge in [-0.15, -0.1) is 0 Å². The molecule has 4 nitrogen and oxygen atoms in total. The van der Waals surface area contributed by atoms with Gasteiger partial charge in [-0.25, -0.2) is 0 Å². The first-order valence-electron chi connectivity index (χ1n) is 11.1. The van der Waals surface area contributed by atoms with Crippen molar-refractivity contribution < 1.29 is 14.2 Å². The highest BCUT2D eigenvalue weighted by atomic mass is 16.5. The summed E-state index contributed by atoms with van der Waals surface area (Å²) < 4.78 is 17.2. The third-order valence-corrected chi connectivity index (χ3v) is 6.49. The Morgan fingerprint density at radius 2 is 1.77 bits per heavy atom. The Kier molecular flexibility index (Phi) is 6.49. The summed E-state index contributed by atoms with van der Waals surface area (Å²) in [5, 5.41) is 0. The van der Waals surface area contributed by atoms with Crippen LogP contribution in [0.5, 0.6) is 17.2 Å². The summed E-state index contributed by atoms with van der Waals surface area (Å²) in [6.07, 6.45) is 7.03. The number of ether oxygens (including phenoxy) is 3. The molecular weight excluding hydrogens is 386 g/mol. The van der Waals surface area contributed by atoms with Crippen molar-refractivity contribution in [3.8, 4) is 17.2 Å². The van der Waals surface area contributed by atoms with E-state index in [1.54, 1.807) is 14.2 Å². The number of rotatable bonds is 6. The number of nitrogens with zero attached hydrogens (tertiary/aromatic N) is 1. The van der Waals surface area contributed by atoms with Crippen LogP contribution in [0.4, 0.5) is 0 Å². The second kappa shape index (κ2) is 9.29. The van der Waals surface area contributed by atoms with Gasteiger partial charge in [0.1, 0.15) is 5.75 Å². The van der Waals surface area contributed by atoms with E-state index in [-0.39, 0.29) is 6.10 Å².